The van der Waals surface area contributed by atoms with Crippen LogP contribution in [-0.2, 0) is 0 Å². The Hall–Kier alpha value is -3.08. The third kappa shape index (κ3) is 4.30. The zero-order valence-electron chi connectivity index (χ0n) is 11.0. The first-order valence-corrected chi connectivity index (χ1v) is 5.53. The molecule has 8 nitrogen and oxygen atoms in total. The molecule has 0 aliphatic rings. The second-order valence-electron chi connectivity index (χ2n) is 3.68. The molecule has 0 bridgehead atoms. The zero-order valence-corrected chi connectivity index (χ0v) is 11.0. The number of hydrogen-bond acceptors (Lipinski definition) is 6. The minimum Gasteiger partial charge on any atom is -0.385 e. The second kappa shape index (κ2) is 6.75. The average molecular weight is 274 g/mol. The summed E-state index contributed by atoms with van der Waals surface area (Å²) in [6, 6.07) is 0. The van der Waals surface area contributed by atoms with Gasteiger partial charge in [0.1, 0.15) is 11.6 Å². The number of nitrogens with zero attached hydrogens (tertiary/aromatic N) is 2. The summed E-state index contributed by atoms with van der Waals surface area (Å²) in [4.78, 5) is 32.5. The number of nitrogens with one attached hydrogen (secondary N) is 2. The van der Waals surface area contributed by atoms with Crippen LogP contribution in [0.2, 0.25) is 0 Å². The average Bonchev–Trinajstić information content (AvgIpc) is 2.39. The minimum absolute atomic E-state index is 0.263. The van der Waals surface area contributed by atoms with Crippen molar-refractivity contribution in [2.75, 3.05) is 11.5 Å². The van der Waals surface area contributed by atoms with Gasteiger partial charge in [0.25, 0.3) is 0 Å². The van der Waals surface area contributed by atoms with Gasteiger partial charge in [-0.05, 0) is 13.8 Å². The van der Waals surface area contributed by atoms with E-state index in [0.29, 0.717) is 11.4 Å². The van der Waals surface area contributed by atoms with Gasteiger partial charge in [-0.2, -0.15) is 0 Å². The van der Waals surface area contributed by atoms with Crippen LogP contribution in [0.4, 0.5) is 11.6 Å². The SMILES string of the molecule is CC#Cc1cnc(=O)[nH]c1N.Cc1cnc(=O)[nH]c1N. The van der Waals surface area contributed by atoms with Crippen LogP contribution in [0.1, 0.15) is 18.1 Å². The van der Waals surface area contributed by atoms with Crippen molar-refractivity contribution in [3.05, 3.63) is 44.5 Å². The Morgan fingerprint density at radius 2 is 1.60 bits per heavy atom. The van der Waals surface area contributed by atoms with Gasteiger partial charge in [-0.1, -0.05) is 5.92 Å². The summed E-state index contributed by atoms with van der Waals surface area (Å²) in [5.74, 6) is 6.00. The Morgan fingerprint density at radius 1 is 1.05 bits per heavy atom. The fourth-order valence-electron chi connectivity index (χ4n) is 1.11. The summed E-state index contributed by atoms with van der Waals surface area (Å²) in [7, 11) is 0. The highest BCUT2D eigenvalue weighted by Gasteiger charge is 1.94. The summed E-state index contributed by atoms with van der Waals surface area (Å²) in [5.41, 5.74) is 11.2. The van der Waals surface area contributed by atoms with E-state index >= 15 is 0 Å². The number of rotatable bonds is 0. The Labute approximate surface area is 114 Å². The van der Waals surface area contributed by atoms with E-state index in [-0.39, 0.29) is 5.82 Å². The van der Waals surface area contributed by atoms with Gasteiger partial charge in [0.2, 0.25) is 0 Å². The van der Waals surface area contributed by atoms with Crippen LogP contribution in [0.25, 0.3) is 0 Å². The summed E-state index contributed by atoms with van der Waals surface area (Å²) < 4.78 is 0. The molecule has 2 rings (SSSR count). The highest BCUT2D eigenvalue weighted by atomic mass is 16.1. The summed E-state index contributed by atoms with van der Waals surface area (Å²) in [6.45, 7) is 3.46. The number of aryl methyl sites for hydroxylation is 1. The fraction of sp³-hybridized carbons (Fsp3) is 0.167. The molecule has 20 heavy (non-hydrogen) atoms. The molecule has 2 aromatic heterocycles. The van der Waals surface area contributed by atoms with Crippen LogP contribution < -0.4 is 22.8 Å². The molecule has 0 aliphatic carbocycles. The molecule has 2 aromatic rings. The van der Waals surface area contributed by atoms with Crippen LogP contribution >= 0.6 is 0 Å². The summed E-state index contributed by atoms with van der Waals surface area (Å²) >= 11 is 0. The molecular weight excluding hydrogens is 260 g/mol. The van der Waals surface area contributed by atoms with E-state index in [2.05, 4.69) is 31.8 Å². The van der Waals surface area contributed by atoms with Crippen molar-refractivity contribution >= 4 is 11.6 Å². The van der Waals surface area contributed by atoms with Crippen LogP contribution in [0.5, 0.6) is 0 Å². The lowest BCUT2D eigenvalue weighted by Crippen LogP contribution is -2.12. The monoisotopic (exact) mass is 274 g/mol. The maximum Gasteiger partial charge on any atom is 0.346 e. The van der Waals surface area contributed by atoms with Gasteiger partial charge >= 0.3 is 11.4 Å². The molecule has 0 aromatic carbocycles. The molecule has 0 spiro atoms. The van der Waals surface area contributed by atoms with Crippen molar-refractivity contribution in [2.45, 2.75) is 13.8 Å². The third-order valence-electron chi connectivity index (χ3n) is 2.14. The smallest absolute Gasteiger partial charge is 0.346 e. The van der Waals surface area contributed by atoms with Crippen molar-refractivity contribution in [3.63, 3.8) is 0 Å². The lowest BCUT2D eigenvalue weighted by molar-refractivity contribution is 1.06. The molecule has 0 aliphatic heterocycles. The quantitative estimate of drug-likeness (QED) is 0.471. The topological polar surface area (TPSA) is 144 Å². The molecule has 104 valence electrons. The molecule has 0 radical (unpaired) electrons. The van der Waals surface area contributed by atoms with E-state index in [1.54, 1.807) is 13.8 Å². The van der Waals surface area contributed by atoms with Crippen molar-refractivity contribution in [3.8, 4) is 11.8 Å². The standard InChI is InChI=1S/C7H7N3O.C5H7N3O/c1-2-3-5-4-9-7(11)10-6(5)8;1-3-2-7-5(9)8-4(3)6/h4H,1H3,(H3,8,9,10,11);2H,1H3,(H3,6,7,8,9). The molecule has 0 atom stereocenters. The van der Waals surface area contributed by atoms with E-state index in [0.717, 1.165) is 5.56 Å². The van der Waals surface area contributed by atoms with Gasteiger partial charge in [-0.25, -0.2) is 19.6 Å². The largest absolute Gasteiger partial charge is 0.385 e. The van der Waals surface area contributed by atoms with Gasteiger partial charge in [-0.3, -0.25) is 9.97 Å². The Kier molecular flexibility index (Phi) is 5.05. The van der Waals surface area contributed by atoms with E-state index in [1.807, 2.05) is 0 Å². The third-order valence-corrected chi connectivity index (χ3v) is 2.14. The minimum atomic E-state index is -0.454. The highest BCUT2D eigenvalue weighted by Crippen LogP contribution is 1.99. The lowest BCUT2D eigenvalue weighted by atomic mass is 10.3. The molecule has 8 heteroatoms. The molecule has 0 unspecified atom stereocenters. The Morgan fingerprint density at radius 3 is 2.05 bits per heavy atom. The van der Waals surface area contributed by atoms with E-state index in [1.165, 1.54) is 12.4 Å². The summed E-state index contributed by atoms with van der Waals surface area (Å²) in [6.07, 6.45) is 2.79. The fourth-order valence-corrected chi connectivity index (χ4v) is 1.11. The molecule has 0 fully saturated rings. The number of hydrogen-bond donors (Lipinski definition) is 4. The van der Waals surface area contributed by atoms with Crippen molar-refractivity contribution in [1.82, 2.24) is 19.9 Å². The zero-order chi connectivity index (χ0) is 15.1. The van der Waals surface area contributed by atoms with Gasteiger partial charge in [0.05, 0.1) is 11.8 Å². The first-order valence-electron chi connectivity index (χ1n) is 5.53. The van der Waals surface area contributed by atoms with Gasteiger partial charge in [0.15, 0.2) is 0 Å². The van der Waals surface area contributed by atoms with Crippen molar-refractivity contribution < 1.29 is 0 Å². The van der Waals surface area contributed by atoms with Crippen LogP contribution in [0.15, 0.2) is 22.0 Å². The maximum atomic E-state index is 10.6. The van der Waals surface area contributed by atoms with E-state index in [4.69, 9.17) is 11.5 Å². The molecule has 2 heterocycles. The predicted molar refractivity (Wildman–Crippen MR) is 75.8 cm³/mol. The summed E-state index contributed by atoms with van der Waals surface area (Å²) in [5, 5.41) is 0. The molecule has 6 N–H and O–H groups in total. The number of nitrogens with two attached hydrogens (primary N) is 2. The number of nitrogen functional groups attached to an aromatic ring is 2. The van der Waals surface area contributed by atoms with Crippen molar-refractivity contribution in [2.24, 2.45) is 0 Å². The molecular formula is C12H14N6O2. The van der Waals surface area contributed by atoms with Gasteiger partial charge in [-0.15, -0.1) is 5.92 Å². The first kappa shape index (κ1) is 15.0. The second-order valence-corrected chi connectivity index (χ2v) is 3.68. The van der Waals surface area contributed by atoms with E-state index in [9.17, 15) is 9.59 Å². The van der Waals surface area contributed by atoms with Crippen LogP contribution in [0, 0.1) is 18.8 Å². The van der Waals surface area contributed by atoms with Crippen molar-refractivity contribution in [1.29, 1.82) is 0 Å². The number of anilines is 2. The predicted octanol–water partition coefficient (Wildman–Crippen LogP) is -0.616. The molecule has 0 saturated carbocycles. The number of H-pyrrole nitrogens is 2. The van der Waals surface area contributed by atoms with Crippen LogP contribution in [0.3, 0.4) is 0 Å². The van der Waals surface area contributed by atoms with Gasteiger partial charge < -0.3 is 11.5 Å². The van der Waals surface area contributed by atoms with E-state index < -0.39 is 11.4 Å². The molecule has 0 saturated heterocycles. The Bertz CT molecular complexity index is 766. The molecule has 0 amide bonds. The number of aromatic nitrogens is 4. The maximum absolute atomic E-state index is 10.6. The van der Waals surface area contributed by atoms with Gasteiger partial charge in [0, 0.05) is 11.8 Å². The van der Waals surface area contributed by atoms with Crippen LogP contribution in [-0.4, -0.2) is 19.9 Å². The highest BCUT2D eigenvalue weighted by molar-refractivity contribution is 5.48. The normalized spacial score (nSPS) is 8.90. The Balaban J connectivity index is 0.000000204. The number of aromatic amines is 2. The first-order chi connectivity index (χ1) is 9.43. The lowest BCUT2D eigenvalue weighted by Gasteiger charge is -1.93.